The monoisotopic (exact) mass is 257 g/mol. The third-order valence-electron chi connectivity index (χ3n) is 3.67. The first-order valence-electron chi connectivity index (χ1n) is 6.96. The summed E-state index contributed by atoms with van der Waals surface area (Å²) >= 11 is 0. The van der Waals surface area contributed by atoms with Crippen molar-refractivity contribution >= 4 is 0 Å². The van der Waals surface area contributed by atoms with Crippen molar-refractivity contribution in [3.05, 3.63) is 54.1 Å². The van der Waals surface area contributed by atoms with E-state index in [0.29, 0.717) is 18.4 Å². The second-order valence-corrected chi connectivity index (χ2v) is 5.33. The lowest BCUT2D eigenvalue weighted by Crippen LogP contribution is -2.21. The van der Waals surface area contributed by atoms with Crippen LogP contribution in [0.3, 0.4) is 0 Å². The van der Waals surface area contributed by atoms with Gasteiger partial charge in [-0.15, -0.1) is 0 Å². The molecule has 0 radical (unpaired) electrons. The number of benzene rings is 1. The lowest BCUT2D eigenvalue weighted by atomic mass is 9.93. The molecule has 0 amide bonds. The van der Waals surface area contributed by atoms with E-state index in [4.69, 9.17) is 5.73 Å². The highest BCUT2D eigenvalue weighted by molar-refractivity contribution is 5.15. The summed E-state index contributed by atoms with van der Waals surface area (Å²) in [5.74, 6) is 0.926. The van der Waals surface area contributed by atoms with Crippen LogP contribution in [0.15, 0.2) is 42.9 Å². The summed E-state index contributed by atoms with van der Waals surface area (Å²) in [4.78, 5) is 4.29. The summed E-state index contributed by atoms with van der Waals surface area (Å²) in [7, 11) is 0. The summed E-state index contributed by atoms with van der Waals surface area (Å²) in [5, 5.41) is 0. The molecular weight excluding hydrogens is 234 g/mol. The Balaban J connectivity index is 2.07. The van der Waals surface area contributed by atoms with Crippen LogP contribution in [0.5, 0.6) is 0 Å². The zero-order valence-electron chi connectivity index (χ0n) is 11.8. The van der Waals surface area contributed by atoms with Crippen molar-refractivity contribution in [2.75, 3.05) is 6.54 Å². The molecule has 3 nitrogen and oxygen atoms in total. The van der Waals surface area contributed by atoms with Crippen LogP contribution in [0.25, 0.3) is 0 Å². The predicted molar refractivity (Wildman–Crippen MR) is 79.0 cm³/mol. The Morgan fingerprint density at radius 2 is 1.95 bits per heavy atom. The van der Waals surface area contributed by atoms with Gasteiger partial charge in [0.05, 0.1) is 6.33 Å². The highest BCUT2D eigenvalue weighted by Gasteiger charge is 2.17. The van der Waals surface area contributed by atoms with E-state index in [-0.39, 0.29) is 0 Å². The average Bonchev–Trinajstić information content (AvgIpc) is 2.86. The number of hydrogen-bond acceptors (Lipinski definition) is 2. The molecule has 0 aliphatic heterocycles. The number of nitrogens with two attached hydrogens (primary N) is 1. The highest BCUT2D eigenvalue weighted by Crippen LogP contribution is 2.23. The summed E-state index contributed by atoms with van der Waals surface area (Å²) < 4.78 is 2.24. The minimum Gasteiger partial charge on any atom is -0.334 e. The summed E-state index contributed by atoms with van der Waals surface area (Å²) in [6, 6.07) is 10.6. The van der Waals surface area contributed by atoms with Crippen molar-refractivity contribution in [2.45, 2.75) is 32.7 Å². The number of hydrogen-bond donors (Lipinski definition) is 1. The van der Waals surface area contributed by atoms with E-state index in [0.717, 1.165) is 13.0 Å². The number of aryl methyl sites for hydroxylation is 2. The van der Waals surface area contributed by atoms with E-state index in [1.54, 1.807) is 0 Å². The van der Waals surface area contributed by atoms with Crippen LogP contribution in [0.1, 0.15) is 31.0 Å². The van der Waals surface area contributed by atoms with E-state index in [1.165, 1.54) is 11.3 Å². The molecular formula is C16H23N3. The van der Waals surface area contributed by atoms with Crippen LogP contribution in [-0.4, -0.2) is 16.1 Å². The summed E-state index contributed by atoms with van der Waals surface area (Å²) in [5.41, 5.74) is 8.52. The van der Waals surface area contributed by atoms with Gasteiger partial charge >= 0.3 is 0 Å². The molecule has 1 atom stereocenters. The fourth-order valence-electron chi connectivity index (χ4n) is 2.46. The number of rotatable bonds is 6. The third-order valence-corrected chi connectivity index (χ3v) is 3.67. The fraction of sp³-hybridized carbons (Fsp3) is 0.438. The highest BCUT2D eigenvalue weighted by atomic mass is 15.0. The molecule has 0 saturated heterocycles. The van der Waals surface area contributed by atoms with Crippen molar-refractivity contribution in [3.63, 3.8) is 0 Å². The average molecular weight is 257 g/mol. The van der Waals surface area contributed by atoms with Crippen molar-refractivity contribution in [1.29, 1.82) is 0 Å². The Morgan fingerprint density at radius 1 is 1.21 bits per heavy atom. The Labute approximate surface area is 115 Å². The first-order chi connectivity index (χ1) is 9.22. The van der Waals surface area contributed by atoms with Gasteiger partial charge in [-0.05, 0) is 17.9 Å². The van der Waals surface area contributed by atoms with Gasteiger partial charge in [-0.1, -0.05) is 44.2 Å². The van der Waals surface area contributed by atoms with Gasteiger partial charge < -0.3 is 10.3 Å². The molecule has 1 unspecified atom stereocenters. The molecule has 0 bridgehead atoms. The molecule has 102 valence electrons. The molecule has 2 rings (SSSR count). The van der Waals surface area contributed by atoms with Crippen molar-refractivity contribution in [1.82, 2.24) is 9.55 Å². The maximum absolute atomic E-state index is 5.90. The van der Waals surface area contributed by atoms with E-state index >= 15 is 0 Å². The van der Waals surface area contributed by atoms with Crippen LogP contribution < -0.4 is 5.73 Å². The third kappa shape index (κ3) is 3.44. The van der Waals surface area contributed by atoms with E-state index in [2.05, 4.69) is 53.7 Å². The minimum atomic E-state index is 0.387. The molecule has 2 aromatic rings. The molecule has 1 heterocycles. The van der Waals surface area contributed by atoms with Crippen LogP contribution in [0.2, 0.25) is 0 Å². The van der Waals surface area contributed by atoms with Gasteiger partial charge in [0.2, 0.25) is 0 Å². The topological polar surface area (TPSA) is 43.8 Å². The number of aromatic nitrogens is 2. The normalized spacial score (nSPS) is 12.8. The Hall–Kier alpha value is -1.61. The van der Waals surface area contributed by atoms with Crippen molar-refractivity contribution in [3.8, 4) is 0 Å². The molecule has 1 aromatic carbocycles. The van der Waals surface area contributed by atoms with Gasteiger partial charge in [0.15, 0.2) is 0 Å². The molecule has 19 heavy (non-hydrogen) atoms. The van der Waals surface area contributed by atoms with Crippen LogP contribution >= 0.6 is 0 Å². The SMILES string of the molecule is CC(C)C(CN)c1cncn1CCc1ccccc1. The predicted octanol–water partition coefficient (Wildman–Crippen LogP) is 2.82. The summed E-state index contributed by atoms with van der Waals surface area (Å²) in [6.45, 7) is 6.06. The molecule has 0 aliphatic carbocycles. The van der Waals surface area contributed by atoms with Crippen LogP contribution in [0.4, 0.5) is 0 Å². The second kappa shape index (κ2) is 6.53. The molecule has 0 fully saturated rings. The zero-order chi connectivity index (χ0) is 13.7. The minimum absolute atomic E-state index is 0.387. The zero-order valence-corrected chi connectivity index (χ0v) is 11.8. The fourth-order valence-corrected chi connectivity index (χ4v) is 2.46. The lowest BCUT2D eigenvalue weighted by molar-refractivity contribution is 0.471. The molecule has 0 spiro atoms. The number of imidazole rings is 1. The van der Waals surface area contributed by atoms with E-state index < -0.39 is 0 Å². The maximum Gasteiger partial charge on any atom is 0.0948 e. The molecule has 0 saturated carbocycles. The van der Waals surface area contributed by atoms with Crippen LogP contribution in [-0.2, 0) is 13.0 Å². The van der Waals surface area contributed by atoms with Gasteiger partial charge in [0.25, 0.3) is 0 Å². The quantitative estimate of drug-likeness (QED) is 0.864. The van der Waals surface area contributed by atoms with E-state index in [1.807, 2.05) is 12.5 Å². The first-order valence-corrected chi connectivity index (χ1v) is 6.96. The molecule has 3 heteroatoms. The van der Waals surface area contributed by atoms with Gasteiger partial charge in [-0.25, -0.2) is 4.98 Å². The first kappa shape index (κ1) is 13.8. The van der Waals surface area contributed by atoms with Gasteiger partial charge in [-0.2, -0.15) is 0 Å². The standard InChI is InChI=1S/C16H23N3/c1-13(2)15(10-17)16-11-18-12-19(16)9-8-14-6-4-3-5-7-14/h3-7,11-13,15H,8-10,17H2,1-2H3. The Bertz CT molecular complexity index is 488. The molecule has 0 aliphatic rings. The molecule has 2 N–H and O–H groups in total. The van der Waals surface area contributed by atoms with Gasteiger partial charge in [-0.3, -0.25) is 0 Å². The summed E-state index contributed by atoms with van der Waals surface area (Å²) in [6.07, 6.45) is 4.91. The lowest BCUT2D eigenvalue weighted by Gasteiger charge is -2.20. The van der Waals surface area contributed by atoms with Gasteiger partial charge in [0, 0.05) is 30.9 Å². The Kier molecular flexibility index (Phi) is 4.74. The smallest absolute Gasteiger partial charge is 0.0948 e. The van der Waals surface area contributed by atoms with Crippen LogP contribution in [0, 0.1) is 5.92 Å². The van der Waals surface area contributed by atoms with Crippen molar-refractivity contribution < 1.29 is 0 Å². The molecule has 1 aromatic heterocycles. The largest absolute Gasteiger partial charge is 0.334 e. The maximum atomic E-state index is 5.90. The van der Waals surface area contributed by atoms with Gasteiger partial charge in [0.1, 0.15) is 0 Å². The number of nitrogens with zero attached hydrogens (tertiary/aromatic N) is 2. The second-order valence-electron chi connectivity index (χ2n) is 5.33. The van der Waals surface area contributed by atoms with Crippen molar-refractivity contribution in [2.24, 2.45) is 11.7 Å². The Morgan fingerprint density at radius 3 is 2.58 bits per heavy atom. The van der Waals surface area contributed by atoms with E-state index in [9.17, 15) is 0 Å².